The minimum absolute atomic E-state index is 0.0830. The molecule has 0 radical (unpaired) electrons. The van der Waals surface area contributed by atoms with Crippen molar-refractivity contribution in [2.75, 3.05) is 11.9 Å². The molecule has 2 heterocycles. The number of phenolic OH excluding ortho intramolecular Hbond substituents is 1. The van der Waals surface area contributed by atoms with Crippen LogP contribution in [0.3, 0.4) is 0 Å². The summed E-state index contributed by atoms with van der Waals surface area (Å²) in [5.41, 5.74) is 0.729. The fourth-order valence-electron chi connectivity index (χ4n) is 3.07. The van der Waals surface area contributed by atoms with Gasteiger partial charge in [-0.15, -0.1) is 0 Å². The Labute approximate surface area is 168 Å². The van der Waals surface area contributed by atoms with E-state index in [1.165, 1.54) is 0 Å². The summed E-state index contributed by atoms with van der Waals surface area (Å²) in [6, 6.07) is 12.3. The van der Waals surface area contributed by atoms with Crippen LogP contribution in [0.1, 0.15) is 42.5 Å². The summed E-state index contributed by atoms with van der Waals surface area (Å²) in [6.45, 7) is 0.805. The van der Waals surface area contributed by atoms with Crippen molar-refractivity contribution in [3.05, 3.63) is 65.9 Å². The molecule has 8 nitrogen and oxygen atoms in total. The number of rotatable bonds is 11. The highest BCUT2D eigenvalue weighted by Gasteiger charge is 2.20. The standard InChI is InChI=1S/C21H24N4O4/c26-17-7-5-6-15(12-17)16(14-21(27)28)13-20-24-19(25-29-20)9-2-4-11-23-18-8-1-3-10-22-18/h1,3,5-8,10,12,16,26H,2,4,9,11,13-14H2,(H,22,23)(H,27,28). The van der Waals surface area contributed by atoms with E-state index in [4.69, 9.17) is 4.52 Å². The van der Waals surface area contributed by atoms with Gasteiger partial charge in [0.1, 0.15) is 11.6 Å². The third-order valence-electron chi connectivity index (χ3n) is 4.49. The second kappa shape index (κ2) is 10.2. The summed E-state index contributed by atoms with van der Waals surface area (Å²) in [6.07, 6.45) is 4.49. The molecule has 2 aromatic heterocycles. The van der Waals surface area contributed by atoms with Crippen LogP contribution in [0.15, 0.2) is 53.2 Å². The monoisotopic (exact) mass is 396 g/mol. The third-order valence-corrected chi connectivity index (χ3v) is 4.49. The van der Waals surface area contributed by atoms with Crippen LogP contribution in [-0.2, 0) is 17.6 Å². The van der Waals surface area contributed by atoms with Crippen LogP contribution in [0.4, 0.5) is 5.82 Å². The lowest BCUT2D eigenvalue weighted by Crippen LogP contribution is -2.09. The Morgan fingerprint density at radius 1 is 1.17 bits per heavy atom. The first-order valence-electron chi connectivity index (χ1n) is 9.57. The minimum atomic E-state index is -0.918. The van der Waals surface area contributed by atoms with Gasteiger partial charge in [0, 0.05) is 31.5 Å². The highest BCUT2D eigenvalue weighted by molar-refractivity contribution is 5.68. The number of aryl methyl sites for hydroxylation is 1. The number of unbranched alkanes of at least 4 members (excludes halogenated alkanes) is 1. The molecule has 1 aromatic carbocycles. The van der Waals surface area contributed by atoms with E-state index in [-0.39, 0.29) is 18.1 Å². The lowest BCUT2D eigenvalue weighted by Gasteiger charge is -2.13. The van der Waals surface area contributed by atoms with Gasteiger partial charge in [0.2, 0.25) is 5.89 Å². The SMILES string of the molecule is O=C(O)CC(Cc1nc(CCCCNc2ccccn2)no1)c1cccc(O)c1. The fourth-order valence-corrected chi connectivity index (χ4v) is 3.07. The first kappa shape index (κ1) is 20.3. The number of nitrogens with zero attached hydrogens (tertiary/aromatic N) is 3. The van der Waals surface area contributed by atoms with E-state index in [0.717, 1.165) is 30.8 Å². The van der Waals surface area contributed by atoms with Crippen molar-refractivity contribution in [3.8, 4) is 5.75 Å². The van der Waals surface area contributed by atoms with Crippen molar-refractivity contribution in [2.45, 2.75) is 38.0 Å². The molecule has 0 bridgehead atoms. The lowest BCUT2D eigenvalue weighted by atomic mass is 9.92. The minimum Gasteiger partial charge on any atom is -0.508 e. The number of carboxylic acids is 1. The zero-order valence-corrected chi connectivity index (χ0v) is 16.0. The van der Waals surface area contributed by atoms with E-state index in [0.29, 0.717) is 24.6 Å². The number of carboxylic acid groups (broad SMARTS) is 1. The predicted molar refractivity (Wildman–Crippen MR) is 107 cm³/mol. The Balaban J connectivity index is 1.49. The number of pyridine rings is 1. The predicted octanol–water partition coefficient (Wildman–Crippen LogP) is 3.41. The van der Waals surface area contributed by atoms with Gasteiger partial charge in [0.05, 0.1) is 6.42 Å². The van der Waals surface area contributed by atoms with Crippen LogP contribution in [0.25, 0.3) is 0 Å². The van der Waals surface area contributed by atoms with Crippen LogP contribution in [0.5, 0.6) is 5.75 Å². The van der Waals surface area contributed by atoms with Gasteiger partial charge in [-0.25, -0.2) is 4.98 Å². The molecule has 152 valence electrons. The summed E-state index contributed by atoms with van der Waals surface area (Å²) in [5.74, 6) is 0.701. The Bertz CT molecular complexity index is 914. The Kier molecular flexibility index (Phi) is 7.16. The number of anilines is 1. The quantitative estimate of drug-likeness (QED) is 0.422. The second-order valence-electron chi connectivity index (χ2n) is 6.80. The Morgan fingerprint density at radius 3 is 2.83 bits per heavy atom. The zero-order valence-electron chi connectivity index (χ0n) is 16.0. The number of nitrogens with one attached hydrogen (secondary N) is 1. The molecule has 3 N–H and O–H groups in total. The number of aromatic hydroxyl groups is 1. The Morgan fingerprint density at radius 2 is 2.07 bits per heavy atom. The maximum absolute atomic E-state index is 11.2. The van der Waals surface area contributed by atoms with Gasteiger partial charge in [-0.05, 0) is 42.7 Å². The molecule has 0 saturated carbocycles. The Hall–Kier alpha value is -3.42. The zero-order chi connectivity index (χ0) is 20.5. The number of phenols is 1. The van der Waals surface area contributed by atoms with E-state index < -0.39 is 5.97 Å². The maximum atomic E-state index is 11.2. The fraction of sp³-hybridized carbons (Fsp3) is 0.333. The maximum Gasteiger partial charge on any atom is 0.303 e. The van der Waals surface area contributed by atoms with Crippen molar-refractivity contribution in [1.82, 2.24) is 15.1 Å². The van der Waals surface area contributed by atoms with Crippen molar-refractivity contribution >= 4 is 11.8 Å². The average molecular weight is 396 g/mol. The molecule has 29 heavy (non-hydrogen) atoms. The van der Waals surface area contributed by atoms with E-state index >= 15 is 0 Å². The molecule has 0 aliphatic heterocycles. The number of aromatic nitrogens is 3. The van der Waals surface area contributed by atoms with E-state index in [1.54, 1.807) is 30.5 Å². The van der Waals surface area contributed by atoms with Crippen molar-refractivity contribution in [3.63, 3.8) is 0 Å². The van der Waals surface area contributed by atoms with Gasteiger partial charge >= 0.3 is 5.97 Å². The molecule has 1 atom stereocenters. The summed E-state index contributed by atoms with van der Waals surface area (Å²) < 4.78 is 5.31. The molecule has 0 fully saturated rings. The van der Waals surface area contributed by atoms with Gasteiger partial charge < -0.3 is 20.1 Å². The number of aliphatic carboxylic acids is 1. The first-order chi connectivity index (χ1) is 14.1. The number of hydrogen-bond acceptors (Lipinski definition) is 7. The molecule has 0 saturated heterocycles. The van der Waals surface area contributed by atoms with Crippen molar-refractivity contribution < 1.29 is 19.5 Å². The highest BCUT2D eigenvalue weighted by atomic mass is 16.5. The average Bonchev–Trinajstić information content (AvgIpc) is 3.15. The number of hydrogen-bond donors (Lipinski definition) is 3. The van der Waals surface area contributed by atoms with Crippen LogP contribution in [0.2, 0.25) is 0 Å². The smallest absolute Gasteiger partial charge is 0.303 e. The van der Waals surface area contributed by atoms with Crippen LogP contribution in [0, 0.1) is 0 Å². The van der Waals surface area contributed by atoms with Crippen LogP contribution in [-0.4, -0.2) is 37.9 Å². The van der Waals surface area contributed by atoms with Gasteiger partial charge in [0.25, 0.3) is 0 Å². The largest absolute Gasteiger partial charge is 0.508 e. The summed E-state index contributed by atoms with van der Waals surface area (Å²) in [5, 5.41) is 26.1. The molecule has 0 spiro atoms. The lowest BCUT2D eigenvalue weighted by molar-refractivity contribution is -0.137. The molecule has 1 unspecified atom stereocenters. The molecule has 0 amide bonds. The summed E-state index contributed by atoms with van der Waals surface area (Å²) >= 11 is 0. The van der Waals surface area contributed by atoms with Gasteiger partial charge in [-0.3, -0.25) is 4.79 Å². The summed E-state index contributed by atoms with van der Waals surface area (Å²) in [7, 11) is 0. The normalized spacial score (nSPS) is 11.9. The molecule has 0 aliphatic carbocycles. The van der Waals surface area contributed by atoms with E-state index in [9.17, 15) is 15.0 Å². The highest BCUT2D eigenvalue weighted by Crippen LogP contribution is 2.26. The third kappa shape index (κ3) is 6.60. The molecular weight excluding hydrogens is 372 g/mol. The van der Waals surface area contributed by atoms with E-state index in [1.807, 2.05) is 18.2 Å². The van der Waals surface area contributed by atoms with E-state index in [2.05, 4.69) is 20.4 Å². The van der Waals surface area contributed by atoms with Crippen LogP contribution >= 0.6 is 0 Å². The molecule has 0 aliphatic rings. The second-order valence-corrected chi connectivity index (χ2v) is 6.80. The molecule has 8 heteroatoms. The number of benzene rings is 1. The number of carbonyl (C=O) groups is 1. The first-order valence-corrected chi connectivity index (χ1v) is 9.57. The topological polar surface area (TPSA) is 121 Å². The molecular formula is C21H24N4O4. The summed E-state index contributed by atoms with van der Waals surface area (Å²) in [4.78, 5) is 19.8. The van der Waals surface area contributed by atoms with Crippen molar-refractivity contribution in [1.29, 1.82) is 0 Å². The van der Waals surface area contributed by atoms with Gasteiger partial charge in [0.15, 0.2) is 5.82 Å². The molecule has 3 aromatic rings. The van der Waals surface area contributed by atoms with Gasteiger partial charge in [-0.1, -0.05) is 23.4 Å². The van der Waals surface area contributed by atoms with Gasteiger partial charge in [-0.2, -0.15) is 4.98 Å². The molecule has 3 rings (SSSR count). The van der Waals surface area contributed by atoms with Crippen molar-refractivity contribution in [2.24, 2.45) is 0 Å². The van der Waals surface area contributed by atoms with Crippen LogP contribution < -0.4 is 5.32 Å².